The number of hydrogen-bond acceptors (Lipinski definition) is 7. The molecule has 2 heterocycles. The third kappa shape index (κ3) is 6.37. The van der Waals surface area contributed by atoms with Crippen molar-refractivity contribution in [3.8, 4) is 85.5 Å². The number of rotatable bonds is 7. The van der Waals surface area contributed by atoms with Crippen molar-refractivity contribution in [2.45, 2.75) is 0 Å². The Hall–Kier alpha value is -7.17. The van der Waals surface area contributed by atoms with Gasteiger partial charge in [0.1, 0.15) is 0 Å². The molecule has 7 nitrogen and oxygen atoms in total. The Labute approximate surface area is 289 Å². The molecule has 0 aliphatic carbocycles. The van der Waals surface area contributed by atoms with E-state index in [2.05, 4.69) is 18.2 Å². The molecular formula is C43H27N7. The highest BCUT2D eigenvalue weighted by Crippen LogP contribution is 2.34. The smallest absolute Gasteiger partial charge is 0.164 e. The van der Waals surface area contributed by atoms with Crippen LogP contribution in [0.2, 0.25) is 0 Å². The summed E-state index contributed by atoms with van der Waals surface area (Å²) in [4.78, 5) is 29.8. The van der Waals surface area contributed by atoms with Crippen LogP contribution in [0.15, 0.2) is 164 Å². The molecule has 2 aromatic heterocycles. The minimum atomic E-state index is 0.509. The van der Waals surface area contributed by atoms with Gasteiger partial charge >= 0.3 is 0 Å². The molecule has 0 saturated heterocycles. The third-order valence-corrected chi connectivity index (χ3v) is 8.20. The number of nitrogens with zero attached hydrogens (tertiary/aromatic N) is 7. The van der Waals surface area contributed by atoms with Crippen molar-refractivity contribution in [3.05, 3.63) is 169 Å². The molecule has 0 amide bonds. The molecule has 0 N–H and O–H groups in total. The highest BCUT2D eigenvalue weighted by molar-refractivity contribution is 5.79. The molecule has 8 rings (SSSR count). The van der Waals surface area contributed by atoms with E-state index in [0.717, 1.165) is 44.5 Å². The first-order chi connectivity index (χ1) is 24.7. The van der Waals surface area contributed by atoms with E-state index in [9.17, 15) is 5.26 Å². The summed E-state index contributed by atoms with van der Waals surface area (Å²) in [7, 11) is 0. The van der Waals surface area contributed by atoms with Gasteiger partial charge in [-0.15, -0.1) is 0 Å². The topological polar surface area (TPSA) is 101 Å². The van der Waals surface area contributed by atoms with Crippen LogP contribution in [0.5, 0.6) is 0 Å². The maximum absolute atomic E-state index is 9.47. The second kappa shape index (κ2) is 13.5. The minimum absolute atomic E-state index is 0.509. The molecule has 0 radical (unpaired) electrons. The van der Waals surface area contributed by atoms with Gasteiger partial charge in [0, 0.05) is 33.4 Å². The van der Waals surface area contributed by atoms with E-state index in [-0.39, 0.29) is 0 Å². The van der Waals surface area contributed by atoms with E-state index >= 15 is 0 Å². The zero-order chi connectivity index (χ0) is 33.7. The highest BCUT2D eigenvalue weighted by Gasteiger charge is 2.17. The predicted octanol–water partition coefficient (Wildman–Crippen LogP) is 9.60. The van der Waals surface area contributed by atoms with Crippen molar-refractivity contribution >= 4 is 0 Å². The lowest BCUT2D eigenvalue weighted by Crippen LogP contribution is -2.02. The van der Waals surface area contributed by atoms with Gasteiger partial charge in [0.15, 0.2) is 34.9 Å². The summed E-state index contributed by atoms with van der Waals surface area (Å²) in [5, 5.41) is 9.47. The summed E-state index contributed by atoms with van der Waals surface area (Å²) < 4.78 is 0. The number of nitriles is 1. The first kappa shape index (κ1) is 30.2. The Morgan fingerprint density at radius 2 is 0.560 bits per heavy atom. The Morgan fingerprint density at radius 1 is 0.280 bits per heavy atom. The summed E-state index contributed by atoms with van der Waals surface area (Å²) in [5.74, 6) is 3.29. The zero-order valence-corrected chi connectivity index (χ0v) is 26.7. The quantitative estimate of drug-likeness (QED) is 0.171. The van der Waals surface area contributed by atoms with Crippen LogP contribution in [-0.2, 0) is 0 Å². The van der Waals surface area contributed by atoms with Crippen LogP contribution in [0.25, 0.3) is 79.5 Å². The van der Waals surface area contributed by atoms with Gasteiger partial charge in [0.2, 0.25) is 0 Å². The van der Waals surface area contributed by atoms with E-state index < -0.39 is 0 Å². The van der Waals surface area contributed by atoms with Crippen molar-refractivity contribution in [2.24, 2.45) is 0 Å². The summed E-state index contributed by atoms with van der Waals surface area (Å²) in [6.07, 6.45) is 0. The molecule has 0 aliphatic rings. The second-order valence-electron chi connectivity index (χ2n) is 11.6. The standard InChI is InChI=1S/C43H27N7/c44-28-29-21-23-30(24-22-29)35-25-36(42-47-38(31-13-5-1-6-14-31)45-39(48-42)32-15-7-2-8-16-32)27-37(26-35)43-49-40(33-17-9-3-10-18-33)46-41(50-43)34-19-11-4-12-20-34/h1-27H. The van der Waals surface area contributed by atoms with Crippen molar-refractivity contribution in [3.63, 3.8) is 0 Å². The average Bonchev–Trinajstić information content (AvgIpc) is 3.21. The van der Waals surface area contributed by atoms with Crippen LogP contribution in [-0.4, -0.2) is 29.9 Å². The molecule has 0 saturated carbocycles. The summed E-state index contributed by atoms with van der Waals surface area (Å²) in [6.45, 7) is 0. The highest BCUT2D eigenvalue weighted by atomic mass is 15.0. The largest absolute Gasteiger partial charge is 0.208 e. The third-order valence-electron chi connectivity index (χ3n) is 8.20. The molecule has 50 heavy (non-hydrogen) atoms. The number of hydrogen-bond donors (Lipinski definition) is 0. The first-order valence-corrected chi connectivity index (χ1v) is 16.1. The molecule has 6 aromatic carbocycles. The molecule has 0 fully saturated rings. The molecule has 0 atom stereocenters. The molecule has 8 aromatic rings. The van der Waals surface area contributed by atoms with Gasteiger partial charge in [-0.05, 0) is 41.5 Å². The number of aromatic nitrogens is 6. The average molecular weight is 642 g/mol. The molecule has 0 spiro atoms. The van der Waals surface area contributed by atoms with Crippen LogP contribution in [0.3, 0.4) is 0 Å². The SMILES string of the molecule is N#Cc1ccc(-c2cc(-c3nc(-c4ccccc4)nc(-c4ccccc4)n3)cc(-c3nc(-c4ccccc4)nc(-c4ccccc4)n3)c2)cc1. The van der Waals surface area contributed by atoms with Gasteiger partial charge in [-0.3, -0.25) is 0 Å². The summed E-state index contributed by atoms with van der Waals surface area (Å²) in [5.41, 5.74) is 7.47. The van der Waals surface area contributed by atoms with Crippen LogP contribution in [0, 0.1) is 11.3 Å². The lowest BCUT2D eigenvalue weighted by molar-refractivity contribution is 1.07. The van der Waals surface area contributed by atoms with Crippen molar-refractivity contribution < 1.29 is 0 Å². The van der Waals surface area contributed by atoms with Gasteiger partial charge in [-0.2, -0.15) is 5.26 Å². The van der Waals surface area contributed by atoms with Crippen LogP contribution >= 0.6 is 0 Å². The fourth-order valence-corrected chi connectivity index (χ4v) is 5.67. The Bertz CT molecular complexity index is 2200. The van der Waals surface area contributed by atoms with Gasteiger partial charge in [0.25, 0.3) is 0 Å². The van der Waals surface area contributed by atoms with E-state index in [1.165, 1.54) is 0 Å². The molecule has 7 heteroatoms. The van der Waals surface area contributed by atoms with Crippen molar-refractivity contribution in [2.75, 3.05) is 0 Å². The van der Waals surface area contributed by atoms with Crippen LogP contribution in [0.1, 0.15) is 5.56 Å². The first-order valence-electron chi connectivity index (χ1n) is 16.1. The normalized spacial score (nSPS) is 10.8. The van der Waals surface area contributed by atoms with Crippen molar-refractivity contribution in [1.82, 2.24) is 29.9 Å². The van der Waals surface area contributed by atoms with E-state index in [1.807, 2.05) is 152 Å². The minimum Gasteiger partial charge on any atom is -0.208 e. The predicted molar refractivity (Wildman–Crippen MR) is 196 cm³/mol. The molecule has 0 bridgehead atoms. The number of benzene rings is 6. The summed E-state index contributed by atoms with van der Waals surface area (Å²) in [6, 6.07) is 55.5. The second-order valence-corrected chi connectivity index (χ2v) is 11.6. The van der Waals surface area contributed by atoms with Crippen LogP contribution in [0.4, 0.5) is 0 Å². The monoisotopic (exact) mass is 641 g/mol. The molecule has 234 valence electrons. The van der Waals surface area contributed by atoms with Crippen LogP contribution < -0.4 is 0 Å². The fraction of sp³-hybridized carbons (Fsp3) is 0. The molecule has 0 aliphatic heterocycles. The maximum Gasteiger partial charge on any atom is 0.164 e. The molecular weight excluding hydrogens is 615 g/mol. The Kier molecular flexibility index (Phi) is 8.16. The lowest BCUT2D eigenvalue weighted by Gasteiger charge is -2.13. The Morgan fingerprint density at radius 3 is 0.860 bits per heavy atom. The zero-order valence-electron chi connectivity index (χ0n) is 26.7. The van der Waals surface area contributed by atoms with Crippen molar-refractivity contribution in [1.29, 1.82) is 5.26 Å². The lowest BCUT2D eigenvalue weighted by atomic mass is 9.98. The van der Waals surface area contributed by atoms with E-state index in [4.69, 9.17) is 29.9 Å². The van der Waals surface area contributed by atoms with E-state index in [0.29, 0.717) is 40.5 Å². The van der Waals surface area contributed by atoms with Gasteiger partial charge in [0.05, 0.1) is 11.6 Å². The van der Waals surface area contributed by atoms with E-state index in [1.54, 1.807) is 0 Å². The van der Waals surface area contributed by atoms with Gasteiger partial charge in [-0.25, -0.2) is 29.9 Å². The van der Waals surface area contributed by atoms with Gasteiger partial charge < -0.3 is 0 Å². The van der Waals surface area contributed by atoms with Gasteiger partial charge in [-0.1, -0.05) is 133 Å². The molecule has 0 unspecified atom stereocenters. The fourth-order valence-electron chi connectivity index (χ4n) is 5.67. The Balaban J connectivity index is 1.37. The summed E-state index contributed by atoms with van der Waals surface area (Å²) >= 11 is 0. The maximum atomic E-state index is 9.47.